The Morgan fingerprint density at radius 1 is 1.04 bits per heavy atom. The average molecular weight is 341 g/mol. The minimum absolute atomic E-state index is 0.274. The van der Waals surface area contributed by atoms with Gasteiger partial charge in [0.2, 0.25) is 0 Å². The molecule has 1 aliphatic heterocycles. The van der Waals surface area contributed by atoms with E-state index < -0.39 is 0 Å². The molecule has 1 unspecified atom stereocenters. The van der Waals surface area contributed by atoms with Gasteiger partial charge in [-0.1, -0.05) is 56.5 Å². The zero-order chi connectivity index (χ0) is 16.9. The van der Waals surface area contributed by atoms with Crippen molar-refractivity contribution in [2.75, 3.05) is 17.9 Å². The first-order valence-corrected chi connectivity index (χ1v) is 9.82. The van der Waals surface area contributed by atoms with Gasteiger partial charge in [-0.2, -0.15) is 0 Å². The molecule has 1 N–H and O–H groups in total. The van der Waals surface area contributed by atoms with E-state index in [0.29, 0.717) is 0 Å². The fourth-order valence-corrected chi connectivity index (χ4v) is 4.45. The van der Waals surface area contributed by atoms with Gasteiger partial charge in [0.25, 0.3) is 0 Å². The minimum Gasteiger partial charge on any atom is -0.315 e. The summed E-state index contributed by atoms with van der Waals surface area (Å²) in [5.74, 6) is 0. The molecule has 3 heteroatoms. The third-order valence-corrected chi connectivity index (χ3v) is 5.70. The Morgan fingerprint density at radius 3 is 2.71 bits per heavy atom. The molecule has 0 saturated carbocycles. The van der Waals surface area contributed by atoms with Crippen LogP contribution in [0.5, 0.6) is 0 Å². The van der Waals surface area contributed by atoms with E-state index in [1.165, 1.54) is 53.0 Å². The number of hydrogen-bond acceptors (Lipinski definition) is 3. The molecule has 2 aromatic carbocycles. The summed E-state index contributed by atoms with van der Waals surface area (Å²) in [5, 5.41) is 3.83. The van der Waals surface area contributed by atoms with Gasteiger partial charge in [0, 0.05) is 11.9 Å². The van der Waals surface area contributed by atoms with E-state index in [0.717, 1.165) is 6.54 Å². The van der Waals surface area contributed by atoms with Crippen molar-refractivity contribution >= 4 is 17.6 Å². The van der Waals surface area contributed by atoms with Crippen LogP contribution in [0.3, 0.4) is 0 Å². The van der Waals surface area contributed by atoms with Crippen molar-refractivity contribution in [3.63, 3.8) is 0 Å². The number of benzene rings is 2. The standard InChI is InChI=1S/C21H28N2S/c1-4-5-6-9-14-22-21-17-10-7-8-11-19(17)23(3)24-20-15-16(2)12-13-18(20)21/h7-8,10-13,15,21-22H,4-6,9,14H2,1-3H3. The Balaban J connectivity index is 1.91. The molecule has 0 radical (unpaired) electrons. The normalized spacial score (nSPS) is 16.5. The van der Waals surface area contributed by atoms with E-state index in [4.69, 9.17) is 0 Å². The van der Waals surface area contributed by atoms with E-state index in [1.807, 2.05) is 11.9 Å². The van der Waals surface area contributed by atoms with Crippen LogP contribution in [0, 0.1) is 6.92 Å². The second-order valence-corrected chi connectivity index (χ2v) is 7.81. The molecular weight excluding hydrogens is 312 g/mol. The number of rotatable bonds is 6. The SMILES string of the molecule is CCCCCCNC1c2ccc(C)cc2SN(C)c2ccccc21. The van der Waals surface area contributed by atoms with E-state index in [9.17, 15) is 0 Å². The molecule has 0 amide bonds. The molecule has 1 aliphatic rings. The fourth-order valence-electron chi connectivity index (χ4n) is 3.36. The highest BCUT2D eigenvalue weighted by Crippen LogP contribution is 2.43. The summed E-state index contributed by atoms with van der Waals surface area (Å²) < 4.78 is 2.30. The summed E-state index contributed by atoms with van der Waals surface area (Å²) in [6.45, 7) is 5.51. The predicted octanol–water partition coefficient (Wildman–Crippen LogP) is 5.71. The summed E-state index contributed by atoms with van der Waals surface area (Å²) >= 11 is 1.83. The first kappa shape index (κ1) is 17.4. The van der Waals surface area contributed by atoms with Crippen LogP contribution in [-0.2, 0) is 0 Å². The van der Waals surface area contributed by atoms with E-state index in [1.54, 1.807) is 0 Å². The third kappa shape index (κ3) is 3.79. The summed E-state index contributed by atoms with van der Waals surface area (Å²) in [7, 11) is 2.17. The van der Waals surface area contributed by atoms with Gasteiger partial charge in [-0.25, -0.2) is 0 Å². The van der Waals surface area contributed by atoms with Crippen molar-refractivity contribution in [2.24, 2.45) is 0 Å². The van der Waals surface area contributed by atoms with E-state index in [2.05, 4.69) is 73.0 Å². The number of hydrogen-bond donors (Lipinski definition) is 1. The number of nitrogens with zero attached hydrogens (tertiary/aromatic N) is 1. The van der Waals surface area contributed by atoms with Crippen LogP contribution >= 0.6 is 11.9 Å². The lowest BCUT2D eigenvalue weighted by atomic mass is 9.96. The van der Waals surface area contributed by atoms with Crippen molar-refractivity contribution in [2.45, 2.75) is 50.5 Å². The second-order valence-electron chi connectivity index (χ2n) is 6.64. The summed E-state index contributed by atoms with van der Waals surface area (Å²) in [4.78, 5) is 1.36. The second kappa shape index (κ2) is 8.09. The maximum Gasteiger partial charge on any atom is 0.0609 e. The Morgan fingerprint density at radius 2 is 1.88 bits per heavy atom. The van der Waals surface area contributed by atoms with Gasteiger partial charge < -0.3 is 9.62 Å². The zero-order valence-electron chi connectivity index (χ0n) is 15.0. The third-order valence-electron chi connectivity index (χ3n) is 4.68. The predicted molar refractivity (Wildman–Crippen MR) is 106 cm³/mol. The fraction of sp³-hybridized carbons (Fsp3) is 0.429. The van der Waals surface area contributed by atoms with Crippen molar-refractivity contribution in [3.8, 4) is 0 Å². The van der Waals surface area contributed by atoms with Gasteiger partial charge in [0.15, 0.2) is 0 Å². The highest BCUT2D eigenvalue weighted by Gasteiger charge is 2.25. The van der Waals surface area contributed by atoms with Crippen molar-refractivity contribution in [1.29, 1.82) is 0 Å². The van der Waals surface area contributed by atoms with Gasteiger partial charge >= 0.3 is 0 Å². The molecule has 3 rings (SSSR count). The average Bonchev–Trinajstić information content (AvgIpc) is 2.69. The number of aryl methyl sites for hydroxylation is 1. The van der Waals surface area contributed by atoms with Crippen molar-refractivity contribution < 1.29 is 0 Å². The molecule has 0 fully saturated rings. The molecule has 0 aromatic heterocycles. The molecule has 0 aliphatic carbocycles. The zero-order valence-corrected chi connectivity index (χ0v) is 15.8. The first-order valence-electron chi connectivity index (χ1n) is 9.05. The molecule has 2 aromatic rings. The minimum atomic E-state index is 0.274. The largest absolute Gasteiger partial charge is 0.315 e. The first-order chi connectivity index (χ1) is 11.7. The molecule has 1 heterocycles. The number of unbranched alkanes of at least 4 members (excludes halogenated alkanes) is 3. The molecule has 24 heavy (non-hydrogen) atoms. The van der Waals surface area contributed by atoms with Gasteiger partial charge in [-0.05, 0) is 60.7 Å². The Bertz CT molecular complexity index is 683. The molecule has 128 valence electrons. The Kier molecular flexibility index (Phi) is 5.85. The van der Waals surface area contributed by atoms with Crippen molar-refractivity contribution in [1.82, 2.24) is 5.32 Å². The van der Waals surface area contributed by atoms with Gasteiger partial charge in [-0.15, -0.1) is 0 Å². The highest BCUT2D eigenvalue weighted by molar-refractivity contribution is 8.00. The number of nitrogens with one attached hydrogen (secondary N) is 1. The van der Waals surface area contributed by atoms with Crippen LogP contribution in [0.15, 0.2) is 47.4 Å². The van der Waals surface area contributed by atoms with Crippen LogP contribution in [0.2, 0.25) is 0 Å². The molecule has 0 saturated heterocycles. The van der Waals surface area contributed by atoms with Crippen LogP contribution in [0.4, 0.5) is 5.69 Å². The molecule has 2 nitrogen and oxygen atoms in total. The molecular formula is C21H28N2S. The van der Waals surface area contributed by atoms with Gasteiger partial charge in [0.05, 0.1) is 11.7 Å². The summed E-state index contributed by atoms with van der Waals surface area (Å²) in [5.41, 5.74) is 5.41. The molecule has 1 atom stereocenters. The van der Waals surface area contributed by atoms with Crippen LogP contribution in [-0.4, -0.2) is 13.6 Å². The lowest BCUT2D eigenvalue weighted by molar-refractivity contribution is 0.552. The highest BCUT2D eigenvalue weighted by atomic mass is 32.2. The number of para-hydroxylation sites is 1. The van der Waals surface area contributed by atoms with Crippen molar-refractivity contribution in [3.05, 3.63) is 59.2 Å². The maximum absolute atomic E-state index is 3.83. The van der Waals surface area contributed by atoms with E-state index >= 15 is 0 Å². The van der Waals surface area contributed by atoms with Gasteiger partial charge in [-0.3, -0.25) is 0 Å². The Hall–Kier alpha value is -1.45. The van der Waals surface area contributed by atoms with Gasteiger partial charge in [0.1, 0.15) is 0 Å². The monoisotopic (exact) mass is 340 g/mol. The summed E-state index contributed by atoms with van der Waals surface area (Å²) in [6.07, 6.45) is 5.18. The molecule has 0 bridgehead atoms. The van der Waals surface area contributed by atoms with Crippen LogP contribution in [0.25, 0.3) is 0 Å². The van der Waals surface area contributed by atoms with Crippen LogP contribution in [0.1, 0.15) is 55.3 Å². The molecule has 0 spiro atoms. The maximum atomic E-state index is 3.83. The Labute approximate surface area is 150 Å². The summed E-state index contributed by atoms with van der Waals surface area (Å²) in [6, 6.07) is 15.9. The number of fused-ring (bicyclic) bond motifs is 2. The quantitative estimate of drug-likeness (QED) is 0.535. The lowest BCUT2D eigenvalue weighted by Crippen LogP contribution is -2.24. The smallest absolute Gasteiger partial charge is 0.0609 e. The van der Waals surface area contributed by atoms with E-state index in [-0.39, 0.29) is 6.04 Å². The lowest BCUT2D eigenvalue weighted by Gasteiger charge is -2.22. The topological polar surface area (TPSA) is 15.3 Å². The number of anilines is 1. The van der Waals surface area contributed by atoms with Crippen LogP contribution < -0.4 is 9.62 Å².